The Balaban J connectivity index is 2.83. The SMILES string of the molecule is CCNC(Cc1ccn(C)n1)C(OCC)C(C)(C)C. The molecule has 0 saturated carbocycles. The van der Waals surface area contributed by atoms with Gasteiger partial charge in [0.1, 0.15) is 0 Å². The van der Waals surface area contributed by atoms with E-state index in [1.807, 2.05) is 17.9 Å². The predicted molar refractivity (Wildman–Crippen MR) is 79.2 cm³/mol. The van der Waals surface area contributed by atoms with Gasteiger partial charge in [-0.15, -0.1) is 0 Å². The van der Waals surface area contributed by atoms with E-state index in [1.165, 1.54) is 0 Å². The molecule has 0 saturated heterocycles. The molecule has 0 amide bonds. The van der Waals surface area contributed by atoms with Crippen LogP contribution >= 0.6 is 0 Å². The maximum Gasteiger partial charge on any atom is 0.0779 e. The summed E-state index contributed by atoms with van der Waals surface area (Å²) in [6.45, 7) is 12.6. The molecule has 0 aliphatic rings. The highest BCUT2D eigenvalue weighted by Crippen LogP contribution is 2.26. The largest absolute Gasteiger partial charge is 0.376 e. The molecular weight excluding hydrogens is 238 g/mol. The van der Waals surface area contributed by atoms with Crippen LogP contribution in [0.2, 0.25) is 0 Å². The van der Waals surface area contributed by atoms with Crippen molar-refractivity contribution in [2.45, 2.75) is 53.2 Å². The zero-order valence-corrected chi connectivity index (χ0v) is 13.2. The summed E-state index contributed by atoms with van der Waals surface area (Å²) in [5.41, 5.74) is 1.22. The minimum Gasteiger partial charge on any atom is -0.376 e. The minimum absolute atomic E-state index is 0.109. The summed E-state index contributed by atoms with van der Waals surface area (Å²) < 4.78 is 7.86. The number of nitrogens with one attached hydrogen (secondary N) is 1. The van der Waals surface area contributed by atoms with Gasteiger partial charge < -0.3 is 10.1 Å². The van der Waals surface area contributed by atoms with Gasteiger partial charge in [0.25, 0.3) is 0 Å². The molecule has 0 aromatic carbocycles. The van der Waals surface area contributed by atoms with Crippen LogP contribution in [-0.4, -0.2) is 35.1 Å². The molecule has 0 fully saturated rings. The number of aryl methyl sites for hydroxylation is 1. The highest BCUT2D eigenvalue weighted by atomic mass is 16.5. The summed E-state index contributed by atoms with van der Waals surface area (Å²) in [5, 5.41) is 8.04. The van der Waals surface area contributed by atoms with Crippen LogP contribution in [0.25, 0.3) is 0 Å². The lowest BCUT2D eigenvalue weighted by molar-refractivity contribution is -0.0354. The van der Waals surface area contributed by atoms with Crippen molar-refractivity contribution in [2.24, 2.45) is 12.5 Å². The van der Waals surface area contributed by atoms with Crippen LogP contribution in [0.1, 0.15) is 40.3 Å². The quantitative estimate of drug-likeness (QED) is 0.824. The van der Waals surface area contributed by atoms with Gasteiger partial charge in [0.15, 0.2) is 0 Å². The first-order chi connectivity index (χ1) is 8.88. The third kappa shape index (κ3) is 4.96. The Hall–Kier alpha value is -0.870. The van der Waals surface area contributed by atoms with E-state index >= 15 is 0 Å². The summed E-state index contributed by atoms with van der Waals surface area (Å²) in [6.07, 6.45) is 3.07. The maximum atomic E-state index is 6.00. The first-order valence-electron chi connectivity index (χ1n) is 7.22. The predicted octanol–water partition coefficient (Wildman–Crippen LogP) is 2.39. The van der Waals surface area contributed by atoms with Crippen LogP contribution in [0.3, 0.4) is 0 Å². The molecule has 0 spiro atoms. The molecule has 1 rings (SSSR count). The molecule has 1 aromatic heterocycles. The molecule has 0 aliphatic heterocycles. The normalized spacial score (nSPS) is 15.5. The number of likely N-dealkylation sites (N-methyl/N-ethyl adjacent to an activating group) is 1. The fourth-order valence-corrected chi connectivity index (χ4v) is 2.50. The van der Waals surface area contributed by atoms with E-state index < -0.39 is 0 Å². The Kier molecular flexibility index (Phi) is 6.01. The first kappa shape index (κ1) is 16.2. The Morgan fingerprint density at radius 2 is 2.05 bits per heavy atom. The summed E-state index contributed by atoms with van der Waals surface area (Å²) in [5.74, 6) is 0. The lowest BCUT2D eigenvalue weighted by Gasteiger charge is -2.37. The number of hydrogen-bond acceptors (Lipinski definition) is 3. The number of rotatable bonds is 7. The van der Waals surface area contributed by atoms with Crippen molar-refractivity contribution in [1.82, 2.24) is 15.1 Å². The Bertz CT molecular complexity index is 368. The molecule has 19 heavy (non-hydrogen) atoms. The van der Waals surface area contributed by atoms with E-state index in [-0.39, 0.29) is 11.5 Å². The van der Waals surface area contributed by atoms with E-state index in [0.29, 0.717) is 6.04 Å². The zero-order valence-electron chi connectivity index (χ0n) is 13.2. The van der Waals surface area contributed by atoms with Gasteiger partial charge in [0.05, 0.1) is 11.8 Å². The van der Waals surface area contributed by atoms with Crippen molar-refractivity contribution in [3.05, 3.63) is 18.0 Å². The molecule has 0 radical (unpaired) electrons. The van der Waals surface area contributed by atoms with Crippen molar-refractivity contribution >= 4 is 0 Å². The van der Waals surface area contributed by atoms with Crippen LogP contribution in [0, 0.1) is 5.41 Å². The topological polar surface area (TPSA) is 39.1 Å². The minimum atomic E-state index is 0.109. The van der Waals surface area contributed by atoms with Crippen LogP contribution in [0.5, 0.6) is 0 Å². The molecule has 4 heteroatoms. The molecule has 0 aliphatic carbocycles. The Morgan fingerprint density at radius 1 is 1.37 bits per heavy atom. The van der Waals surface area contributed by atoms with Crippen LogP contribution in [-0.2, 0) is 18.2 Å². The fourth-order valence-electron chi connectivity index (χ4n) is 2.50. The van der Waals surface area contributed by atoms with Crippen LogP contribution < -0.4 is 5.32 Å². The molecule has 4 nitrogen and oxygen atoms in total. The monoisotopic (exact) mass is 267 g/mol. The Morgan fingerprint density at radius 3 is 2.47 bits per heavy atom. The average molecular weight is 267 g/mol. The van der Waals surface area contributed by atoms with Gasteiger partial charge in [-0.25, -0.2) is 0 Å². The van der Waals surface area contributed by atoms with E-state index in [0.717, 1.165) is 25.3 Å². The molecule has 1 heterocycles. The summed E-state index contributed by atoms with van der Waals surface area (Å²) >= 11 is 0. The fraction of sp³-hybridized carbons (Fsp3) is 0.800. The summed E-state index contributed by atoms with van der Waals surface area (Å²) in [4.78, 5) is 0. The van der Waals surface area contributed by atoms with Crippen molar-refractivity contribution in [3.8, 4) is 0 Å². The molecule has 110 valence electrons. The van der Waals surface area contributed by atoms with Gasteiger partial charge in [-0.2, -0.15) is 5.10 Å². The van der Waals surface area contributed by atoms with Crippen LogP contribution in [0.15, 0.2) is 12.3 Å². The second-order valence-corrected chi connectivity index (χ2v) is 6.09. The number of nitrogens with zero attached hydrogens (tertiary/aromatic N) is 2. The maximum absolute atomic E-state index is 6.00. The average Bonchev–Trinajstić information content (AvgIpc) is 2.70. The first-order valence-corrected chi connectivity index (χ1v) is 7.22. The van der Waals surface area contributed by atoms with Gasteiger partial charge in [0.2, 0.25) is 0 Å². The number of hydrogen-bond donors (Lipinski definition) is 1. The molecule has 2 atom stereocenters. The number of ether oxygens (including phenoxy) is 1. The van der Waals surface area contributed by atoms with Gasteiger partial charge in [-0.05, 0) is 24.9 Å². The lowest BCUT2D eigenvalue weighted by atomic mass is 9.83. The lowest BCUT2D eigenvalue weighted by Crippen LogP contribution is -2.49. The third-order valence-electron chi connectivity index (χ3n) is 3.23. The van der Waals surface area contributed by atoms with Crippen molar-refractivity contribution in [1.29, 1.82) is 0 Å². The van der Waals surface area contributed by atoms with Gasteiger partial charge >= 0.3 is 0 Å². The third-order valence-corrected chi connectivity index (χ3v) is 3.23. The highest BCUT2D eigenvalue weighted by Gasteiger charge is 2.32. The smallest absolute Gasteiger partial charge is 0.0779 e. The van der Waals surface area contributed by atoms with Crippen molar-refractivity contribution in [3.63, 3.8) is 0 Å². The van der Waals surface area contributed by atoms with Gasteiger partial charge in [0, 0.05) is 32.3 Å². The van der Waals surface area contributed by atoms with E-state index in [9.17, 15) is 0 Å². The molecule has 2 unspecified atom stereocenters. The second-order valence-electron chi connectivity index (χ2n) is 6.09. The van der Waals surface area contributed by atoms with Gasteiger partial charge in [-0.1, -0.05) is 27.7 Å². The number of aromatic nitrogens is 2. The van der Waals surface area contributed by atoms with E-state index in [4.69, 9.17) is 4.74 Å². The summed E-state index contributed by atoms with van der Waals surface area (Å²) in [7, 11) is 1.95. The molecular formula is C15H29N3O. The highest BCUT2D eigenvalue weighted by molar-refractivity contribution is 5.03. The van der Waals surface area contributed by atoms with E-state index in [2.05, 4.69) is 51.1 Å². The van der Waals surface area contributed by atoms with E-state index in [1.54, 1.807) is 0 Å². The second kappa shape index (κ2) is 7.06. The van der Waals surface area contributed by atoms with Crippen molar-refractivity contribution < 1.29 is 4.74 Å². The van der Waals surface area contributed by atoms with Crippen LogP contribution in [0.4, 0.5) is 0 Å². The zero-order chi connectivity index (χ0) is 14.5. The standard InChI is InChI=1S/C15H29N3O/c1-7-16-13(11-12-9-10-18(6)17-12)14(19-8-2)15(3,4)5/h9-10,13-14,16H,7-8,11H2,1-6H3. The summed E-state index contributed by atoms with van der Waals surface area (Å²) in [6, 6.07) is 2.37. The molecule has 0 bridgehead atoms. The molecule has 1 N–H and O–H groups in total. The van der Waals surface area contributed by atoms with Gasteiger partial charge in [-0.3, -0.25) is 4.68 Å². The molecule has 1 aromatic rings. The van der Waals surface area contributed by atoms with Crippen molar-refractivity contribution in [2.75, 3.05) is 13.2 Å². The Labute approximate surface area is 117 Å².